The number of benzene rings is 1. The molecular formula is C20H25ClN4O4S. The summed E-state index contributed by atoms with van der Waals surface area (Å²) in [5.74, 6) is 0.151. The van der Waals surface area contributed by atoms with E-state index in [-0.39, 0.29) is 13.1 Å². The number of ether oxygens (including phenoxy) is 1. The fourth-order valence-corrected chi connectivity index (χ4v) is 4.77. The van der Waals surface area contributed by atoms with E-state index in [2.05, 4.69) is 9.71 Å². The molecule has 1 saturated heterocycles. The van der Waals surface area contributed by atoms with Crippen molar-refractivity contribution < 1.29 is 17.9 Å². The fourth-order valence-electron chi connectivity index (χ4n) is 3.29. The molecule has 1 aromatic carbocycles. The summed E-state index contributed by atoms with van der Waals surface area (Å²) in [5, 5.41) is 0.550. The van der Waals surface area contributed by atoms with Crippen molar-refractivity contribution in [1.82, 2.24) is 14.0 Å². The van der Waals surface area contributed by atoms with Crippen molar-refractivity contribution in [2.24, 2.45) is 0 Å². The van der Waals surface area contributed by atoms with Crippen LogP contribution in [0.2, 0.25) is 5.02 Å². The molecule has 162 valence electrons. The Kier molecular flexibility index (Phi) is 7.65. The van der Waals surface area contributed by atoms with E-state index >= 15 is 0 Å². The lowest BCUT2D eigenvalue weighted by Crippen LogP contribution is -2.55. The molecule has 0 radical (unpaired) electrons. The number of piperazine rings is 1. The number of anilines is 1. The van der Waals surface area contributed by atoms with E-state index < -0.39 is 22.2 Å². The highest BCUT2D eigenvalue weighted by atomic mass is 35.5. The normalized spacial score (nSPS) is 16.3. The SMILES string of the molecule is COC(=O)C(CCc1ccccc1)NS(=O)(=O)N1CCN(c2ccc(Cl)cn2)CC1. The third kappa shape index (κ3) is 5.91. The quantitative estimate of drug-likeness (QED) is 0.615. The van der Waals surface area contributed by atoms with Crippen molar-refractivity contribution in [2.45, 2.75) is 18.9 Å². The van der Waals surface area contributed by atoms with E-state index in [9.17, 15) is 13.2 Å². The number of nitrogens with one attached hydrogen (secondary N) is 1. The largest absolute Gasteiger partial charge is 0.468 e. The number of aryl methyl sites for hydroxylation is 1. The van der Waals surface area contributed by atoms with E-state index in [1.165, 1.54) is 11.4 Å². The smallest absolute Gasteiger partial charge is 0.323 e. The Morgan fingerprint density at radius 1 is 1.17 bits per heavy atom. The highest BCUT2D eigenvalue weighted by Gasteiger charge is 2.32. The average molecular weight is 453 g/mol. The average Bonchev–Trinajstić information content (AvgIpc) is 2.77. The molecule has 0 aliphatic carbocycles. The molecule has 0 saturated carbocycles. The minimum absolute atomic E-state index is 0.284. The van der Waals surface area contributed by atoms with E-state index in [0.29, 0.717) is 31.0 Å². The van der Waals surface area contributed by atoms with Gasteiger partial charge in [0, 0.05) is 32.4 Å². The first-order valence-corrected chi connectivity index (χ1v) is 11.5. The number of carbonyl (C=O) groups is 1. The zero-order valence-electron chi connectivity index (χ0n) is 16.7. The summed E-state index contributed by atoms with van der Waals surface area (Å²) in [6.07, 6.45) is 2.43. The maximum atomic E-state index is 12.9. The van der Waals surface area contributed by atoms with Gasteiger partial charge in [-0.25, -0.2) is 4.98 Å². The number of hydrogen-bond acceptors (Lipinski definition) is 6. The van der Waals surface area contributed by atoms with Crippen LogP contribution in [0.3, 0.4) is 0 Å². The second-order valence-corrected chi connectivity index (χ2v) is 9.08. The third-order valence-corrected chi connectivity index (χ3v) is 6.81. The van der Waals surface area contributed by atoms with Crippen molar-refractivity contribution >= 4 is 33.6 Å². The predicted molar refractivity (Wildman–Crippen MR) is 116 cm³/mol. The van der Waals surface area contributed by atoms with Gasteiger partial charge in [-0.3, -0.25) is 4.79 Å². The fraction of sp³-hybridized carbons (Fsp3) is 0.400. The number of hydrogen-bond donors (Lipinski definition) is 1. The van der Waals surface area contributed by atoms with Gasteiger partial charge in [-0.1, -0.05) is 41.9 Å². The van der Waals surface area contributed by atoms with Gasteiger partial charge < -0.3 is 9.64 Å². The van der Waals surface area contributed by atoms with Crippen LogP contribution in [0.15, 0.2) is 48.7 Å². The molecule has 1 atom stereocenters. The molecule has 0 bridgehead atoms. The summed E-state index contributed by atoms with van der Waals surface area (Å²) in [6.45, 7) is 1.54. The van der Waals surface area contributed by atoms with E-state index in [1.54, 1.807) is 12.3 Å². The van der Waals surface area contributed by atoms with Crippen LogP contribution in [0.5, 0.6) is 0 Å². The Morgan fingerprint density at radius 3 is 2.47 bits per heavy atom. The van der Waals surface area contributed by atoms with Crippen LogP contribution >= 0.6 is 11.6 Å². The molecule has 3 rings (SSSR count). The van der Waals surface area contributed by atoms with Gasteiger partial charge in [0.15, 0.2) is 0 Å². The number of aromatic nitrogens is 1. The molecule has 1 unspecified atom stereocenters. The lowest BCUT2D eigenvalue weighted by Gasteiger charge is -2.35. The van der Waals surface area contributed by atoms with Crippen LogP contribution in [0.25, 0.3) is 0 Å². The van der Waals surface area contributed by atoms with Crippen molar-refractivity contribution in [3.63, 3.8) is 0 Å². The van der Waals surface area contributed by atoms with Crippen LogP contribution in [0.1, 0.15) is 12.0 Å². The molecule has 8 nitrogen and oxygen atoms in total. The van der Waals surface area contributed by atoms with Crippen LogP contribution in [-0.2, 0) is 26.2 Å². The van der Waals surface area contributed by atoms with Gasteiger partial charge in [0.25, 0.3) is 10.2 Å². The van der Waals surface area contributed by atoms with Crippen molar-refractivity contribution in [3.8, 4) is 0 Å². The number of pyridine rings is 1. The maximum Gasteiger partial charge on any atom is 0.323 e. The highest BCUT2D eigenvalue weighted by molar-refractivity contribution is 7.87. The van der Waals surface area contributed by atoms with E-state index in [1.807, 2.05) is 41.3 Å². The first kappa shape index (κ1) is 22.5. The minimum Gasteiger partial charge on any atom is -0.468 e. The molecule has 0 spiro atoms. The van der Waals surface area contributed by atoms with E-state index in [0.717, 1.165) is 11.4 Å². The second-order valence-electron chi connectivity index (χ2n) is 6.94. The molecule has 2 heterocycles. The van der Waals surface area contributed by atoms with Gasteiger partial charge in [0.2, 0.25) is 0 Å². The summed E-state index contributed by atoms with van der Waals surface area (Å²) in [4.78, 5) is 18.4. The van der Waals surface area contributed by atoms with Gasteiger partial charge in [-0.2, -0.15) is 17.4 Å². The Balaban J connectivity index is 1.60. The van der Waals surface area contributed by atoms with Gasteiger partial charge in [-0.05, 0) is 30.5 Å². The Bertz CT molecular complexity index is 933. The van der Waals surface area contributed by atoms with Gasteiger partial charge >= 0.3 is 5.97 Å². The Labute approximate surface area is 182 Å². The lowest BCUT2D eigenvalue weighted by molar-refractivity contribution is -0.142. The Hall–Kier alpha value is -2.20. The lowest BCUT2D eigenvalue weighted by atomic mass is 10.1. The summed E-state index contributed by atoms with van der Waals surface area (Å²) in [7, 11) is -2.59. The van der Waals surface area contributed by atoms with Crippen LogP contribution in [0, 0.1) is 0 Å². The van der Waals surface area contributed by atoms with Gasteiger partial charge in [-0.15, -0.1) is 0 Å². The summed E-state index contributed by atoms with van der Waals surface area (Å²) in [5.41, 5.74) is 1.02. The predicted octanol–water partition coefficient (Wildman–Crippen LogP) is 1.87. The molecule has 30 heavy (non-hydrogen) atoms. The molecule has 0 amide bonds. The van der Waals surface area contributed by atoms with Crippen molar-refractivity contribution in [1.29, 1.82) is 0 Å². The molecular weight excluding hydrogens is 428 g/mol. The topological polar surface area (TPSA) is 91.8 Å². The van der Waals surface area contributed by atoms with Crippen LogP contribution in [-0.4, -0.2) is 63.0 Å². The van der Waals surface area contributed by atoms with Crippen molar-refractivity contribution in [2.75, 3.05) is 38.2 Å². The monoisotopic (exact) mass is 452 g/mol. The zero-order chi connectivity index (χ0) is 21.6. The number of nitrogens with zero attached hydrogens (tertiary/aromatic N) is 3. The number of carbonyl (C=O) groups excluding carboxylic acids is 1. The van der Waals surface area contributed by atoms with Crippen molar-refractivity contribution in [3.05, 3.63) is 59.2 Å². The second kappa shape index (κ2) is 10.2. The number of methoxy groups -OCH3 is 1. The molecule has 1 aliphatic heterocycles. The van der Waals surface area contributed by atoms with Gasteiger partial charge in [0.1, 0.15) is 11.9 Å². The van der Waals surface area contributed by atoms with Crippen LogP contribution in [0.4, 0.5) is 5.82 Å². The highest BCUT2D eigenvalue weighted by Crippen LogP contribution is 2.17. The molecule has 10 heteroatoms. The molecule has 1 N–H and O–H groups in total. The number of halogens is 1. The maximum absolute atomic E-state index is 12.9. The zero-order valence-corrected chi connectivity index (χ0v) is 18.3. The molecule has 2 aromatic rings. The van der Waals surface area contributed by atoms with Crippen LogP contribution < -0.4 is 9.62 Å². The summed E-state index contributed by atoms with van der Waals surface area (Å²) in [6, 6.07) is 12.2. The number of rotatable bonds is 8. The standard InChI is InChI=1S/C20H25ClN4O4S/c1-29-20(26)18(9-7-16-5-3-2-4-6-16)23-30(27,28)25-13-11-24(12-14-25)19-10-8-17(21)15-22-19/h2-6,8,10,15,18,23H,7,9,11-14H2,1H3. The molecule has 1 aliphatic rings. The minimum atomic E-state index is -3.84. The molecule has 1 aromatic heterocycles. The van der Waals surface area contributed by atoms with E-state index in [4.69, 9.17) is 16.3 Å². The summed E-state index contributed by atoms with van der Waals surface area (Å²) < 4.78 is 34.4. The third-order valence-electron chi connectivity index (χ3n) is 4.96. The first-order valence-electron chi connectivity index (χ1n) is 9.65. The first-order chi connectivity index (χ1) is 14.4. The number of esters is 1. The molecule has 1 fully saturated rings. The Morgan fingerprint density at radius 2 is 1.87 bits per heavy atom. The summed E-state index contributed by atoms with van der Waals surface area (Å²) >= 11 is 5.87. The van der Waals surface area contributed by atoms with Gasteiger partial charge in [0.05, 0.1) is 12.1 Å².